The van der Waals surface area contributed by atoms with Gasteiger partial charge in [-0.05, 0) is 11.6 Å². The monoisotopic (exact) mass is 325 g/mol. The van der Waals surface area contributed by atoms with E-state index >= 15 is 0 Å². The molecule has 1 N–H and O–H groups in total. The van der Waals surface area contributed by atoms with Crippen LogP contribution in [0.4, 0.5) is 0 Å². The Morgan fingerprint density at radius 3 is 3.00 bits per heavy atom. The first-order chi connectivity index (χ1) is 11.7. The minimum Gasteiger partial charge on any atom is -0.459 e. The minimum absolute atomic E-state index is 0.138. The van der Waals surface area contributed by atoms with Crippen LogP contribution in [0.25, 0.3) is 0 Å². The highest BCUT2D eigenvalue weighted by molar-refractivity contribution is 5.89. The molecule has 24 heavy (non-hydrogen) atoms. The Morgan fingerprint density at radius 2 is 2.25 bits per heavy atom. The maximum Gasteiger partial charge on any atom is 0.339 e. The number of ether oxygens (including phenoxy) is 2. The number of nitriles is 1. The van der Waals surface area contributed by atoms with Crippen molar-refractivity contribution in [1.82, 2.24) is 9.88 Å². The van der Waals surface area contributed by atoms with Gasteiger partial charge < -0.3 is 14.5 Å². The van der Waals surface area contributed by atoms with Gasteiger partial charge in [0.2, 0.25) is 0 Å². The topological polar surface area (TPSA) is 78.3 Å². The second kappa shape index (κ2) is 7.77. The Labute approximate surface area is 140 Å². The van der Waals surface area contributed by atoms with Gasteiger partial charge in [0.05, 0.1) is 12.2 Å². The van der Waals surface area contributed by atoms with Crippen LogP contribution in [0.2, 0.25) is 0 Å². The summed E-state index contributed by atoms with van der Waals surface area (Å²) in [7, 11) is 0. The van der Waals surface area contributed by atoms with Crippen LogP contribution in [0.5, 0.6) is 0 Å². The fourth-order valence-electron chi connectivity index (χ4n) is 2.70. The number of carbonyl (C=O) groups is 1. The van der Waals surface area contributed by atoms with E-state index in [1.807, 2.05) is 24.3 Å². The molecule has 1 aliphatic heterocycles. The van der Waals surface area contributed by atoms with E-state index in [2.05, 4.69) is 22.0 Å². The number of hydrogen-bond donors (Lipinski definition) is 1. The number of benzene rings is 1. The second-order valence-corrected chi connectivity index (χ2v) is 5.73. The van der Waals surface area contributed by atoms with E-state index in [4.69, 9.17) is 14.7 Å². The minimum atomic E-state index is -0.448. The predicted octanol–water partition coefficient (Wildman–Crippen LogP) is 1.94. The summed E-state index contributed by atoms with van der Waals surface area (Å²) in [6.45, 7) is 3.27. The molecule has 0 unspecified atom stereocenters. The molecule has 6 nitrogen and oxygen atoms in total. The third kappa shape index (κ3) is 4.22. The molecule has 1 aliphatic rings. The van der Waals surface area contributed by atoms with E-state index < -0.39 is 5.97 Å². The van der Waals surface area contributed by atoms with Crippen LogP contribution in [0.1, 0.15) is 21.6 Å². The summed E-state index contributed by atoms with van der Waals surface area (Å²) in [6, 6.07) is 13.7. The van der Waals surface area contributed by atoms with Crippen LogP contribution >= 0.6 is 0 Å². The first-order valence-corrected chi connectivity index (χ1v) is 7.88. The summed E-state index contributed by atoms with van der Waals surface area (Å²) >= 11 is 0. The van der Waals surface area contributed by atoms with Crippen molar-refractivity contribution < 1.29 is 14.3 Å². The number of H-pyrrole nitrogens is 1. The van der Waals surface area contributed by atoms with Crippen LogP contribution in [0.3, 0.4) is 0 Å². The number of esters is 1. The van der Waals surface area contributed by atoms with E-state index in [1.165, 1.54) is 17.8 Å². The van der Waals surface area contributed by atoms with Gasteiger partial charge in [0.25, 0.3) is 0 Å². The Kier molecular flexibility index (Phi) is 5.26. The van der Waals surface area contributed by atoms with Crippen LogP contribution in [-0.4, -0.2) is 48.3 Å². The van der Waals surface area contributed by atoms with Crippen LogP contribution in [0, 0.1) is 11.3 Å². The predicted molar refractivity (Wildman–Crippen MR) is 87.2 cm³/mol. The molecule has 0 aliphatic carbocycles. The molecule has 3 rings (SSSR count). The van der Waals surface area contributed by atoms with Gasteiger partial charge in [-0.2, -0.15) is 5.26 Å². The molecule has 1 saturated heterocycles. The quantitative estimate of drug-likeness (QED) is 0.850. The number of rotatable bonds is 5. The second-order valence-electron chi connectivity index (χ2n) is 5.73. The van der Waals surface area contributed by atoms with E-state index in [-0.39, 0.29) is 12.7 Å². The fourth-order valence-corrected chi connectivity index (χ4v) is 2.70. The van der Waals surface area contributed by atoms with E-state index in [0.29, 0.717) is 17.9 Å². The molecule has 0 spiro atoms. The summed E-state index contributed by atoms with van der Waals surface area (Å²) in [5, 5.41) is 8.76. The third-order valence-electron chi connectivity index (χ3n) is 3.91. The zero-order chi connectivity index (χ0) is 16.8. The molecule has 6 heteroatoms. The van der Waals surface area contributed by atoms with Crippen molar-refractivity contribution in [1.29, 1.82) is 5.26 Å². The van der Waals surface area contributed by atoms with Gasteiger partial charge in [-0.15, -0.1) is 0 Å². The molecule has 1 aromatic carbocycles. The maximum absolute atomic E-state index is 12.0. The van der Waals surface area contributed by atoms with Gasteiger partial charge in [0.1, 0.15) is 24.5 Å². The van der Waals surface area contributed by atoms with Crippen molar-refractivity contribution in [3.8, 4) is 6.07 Å². The normalized spacial score (nSPS) is 18.0. The molecule has 0 saturated carbocycles. The Hall–Kier alpha value is -2.62. The van der Waals surface area contributed by atoms with Gasteiger partial charge in [-0.25, -0.2) is 4.79 Å². The molecule has 2 aromatic rings. The molecule has 1 aromatic heterocycles. The highest BCUT2D eigenvalue weighted by atomic mass is 16.6. The average Bonchev–Trinajstić information content (AvgIpc) is 3.10. The zero-order valence-electron chi connectivity index (χ0n) is 13.3. The van der Waals surface area contributed by atoms with E-state index in [9.17, 15) is 4.79 Å². The number of aromatic nitrogens is 1. The van der Waals surface area contributed by atoms with E-state index in [0.717, 1.165) is 19.6 Å². The van der Waals surface area contributed by atoms with Crippen molar-refractivity contribution in [3.63, 3.8) is 0 Å². The summed E-state index contributed by atoms with van der Waals surface area (Å²) in [5.41, 5.74) is 1.94. The molecule has 1 atom stereocenters. The third-order valence-corrected chi connectivity index (χ3v) is 3.91. The van der Waals surface area contributed by atoms with Crippen molar-refractivity contribution in [2.75, 3.05) is 26.3 Å². The molecule has 124 valence electrons. The number of morpholine rings is 1. The highest BCUT2D eigenvalue weighted by Crippen LogP contribution is 2.12. The molecule has 0 radical (unpaired) electrons. The number of carbonyl (C=O) groups excluding carboxylic acids is 1. The largest absolute Gasteiger partial charge is 0.459 e. The SMILES string of the molecule is N#Cc1cc(C(=O)OC[C@H]2CN(Cc3ccccc3)CCO2)c[nH]1. The van der Waals surface area contributed by atoms with Crippen molar-refractivity contribution in [2.24, 2.45) is 0 Å². The standard InChI is InChI=1S/C18H19N3O3/c19-9-16-8-15(10-20-16)18(22)24-13-17-12-21(6-7-23-17)11-14-4-2-1-3-5-14/h1-5,8,10,17,20H,6-7,11-13H2/t17-/m1/s1. The Balaban J connectivity index is 1.48. The fraction of sp³-hybridized carbons (Fsp3) is 0.333. The van der Waals surface area contributed by atoms with Crippen molar-refractivity contribution in [2.45, 2.75) is 12.6 Å². The lowest BCUT2D eigenvalue weighted by Gasteiger charge is -2.32. The summed E-state index contributed by atoms with van der Waals surface area (Å²) in [5.74, 6) is -0.448. The van der Waals surface area contributed by atoms with E-state index in [1.54, 1.807) is 0 Å². The first kappa shape index (κ1) is 16.2. The molecule has 0 amide bonds. The highest BCUT2D eigenvalue weighted by Gasteiger charge is 2.22. The number of nitrogens with one attached hydrogen (secondary N) is 1. The average molecular weight is 325 g/mol. The van der Waals surface area contributed by atoms with Crippen molar-refractivity contribution >= 4 is 5.97 Å². The molecular formula is C18H19N3O3. The Bertz CT molecular complexity index is 721. The maximum atomic E-state index is 12.0. The van der Waals surface area contributed by atoms with Crippen LogP contribution in [-0.2, 0) is 16.0 Å². The Morgan fingerprint density at radius 1 is 1.42 bits per heavy atom. The van der Waals surface area contributed by atoms with Crippen LogP contribution in [0.15, 0.2) is 42.6 Å². The van der Waals surface area contributed by atoms with Gasteiger partial charge in [-0.1, -0.05) is 30.3 Å². The number of hydrogen-bond acceptors (Lipinski definition) is 5. The lowest BCUT2D eigenvalue weighted by atomic mass is 10.2. The molecule has 1 fully saturated rings. The summed E-state index contributed by atoms with van der Waals surface area (Å²) < 4.78 is 11.0. The number of aromatic amines is 1. The molecule has 2 heterocycles. The number of nitrogens with zero attached hydrogens (tertiary/aromatic N) is 2. The lowest BCUT2D eigenvalue weighted by molar-refractivity contribution is -0.0612. The van der Waals surface area contributed by atoms with Gasteiger partial charge in [-0.3, -0.25) is 4.90 Å². The van der Waals surface area contributed by atoms with Crippen LogP contribution < -0.4 is 0 Å². The molecule has 0 bridgehead atoms. The zero-order valence-corrected chi connectivity index (χ0v) is 13.3. The van der Waals surface area contributed by atoms with Gasteiger partial charge in [0, 0.05) is 25.8 Å². The molecular weight excluding hydrogens is 306 g/mol. The van der Waals surface area contributed by atoms with Gasteiger partial charge in [0.15, 0.2) is 0 Å². The van der Waals surface area contributed by atoms with Gasteiger partial charge >= 0.3 is 5.97 Å². The summed E-state index contributed by atoms with van der Waals surface area (Å²) in [6.07, 6.45) is 1.34. The smallest absolute Gasteiger partial charge is 0.339 e. The first-order valence-electron chi connectivity index (χ1n) is 7.88. The summed E-state index contributed by atoms with van der Waals surface area (Å²) in [4.78, 5) is 17.0. The van der Waals surface area contributed by atoms with Crippen molar-refractivity contribution in [3.05, 3.63) is 59.4 Å². The lowest BCUT2D eigenvalue weighted by Crippen LogP contribution is -2.44.